The van der Waals surface area contributed by atoms with Crippen molar-refractivity contribution in [1.82, 2.24) is 5.43 Å². The van der Waals surface area contributed by atoms with Crippen LogP contribution < -0.4 is 24.4 Å². The number of benzene rings is 3. The highest BCUT2D eigenvalue weighted by Gasteiger charge is 2.13. The molecule has 0 heterocycles. The molecule has 0 aromatic heterocycles. The van der Waals surface area contributed by atoms with E-state index in [1.807, 2.05) is 26.0 Å². The topological polar surface area (TPSA) is 95.5 Å². The van der Waals surface area contributed by atoms with Gasteiger partial charge in [-0.05, 0) is 73.5 Å². The SMILES string of the molecule is CCCOc1ccc(C(=O)Oc2ccc(/C=N/NC(=O)COc3ccc(C)cc3)cc2OC)cc1. The number of hydrogen-bond acceptors (Lipinski definition) is 7. The van der Waals surface area contributed by atoms with Crippen LogP contribution in [0.25, 0.3) is 0 Å². The fourth-order valence-electron chi connectivity index (χ4n) is 2.91. The minimum atomic E-state index is -0.521. The highest BCUT2D eigenvalue weighted by Crippen LogP contribution is 2.28. The van der Waals surface area contributed by atoms with Crippen LogP contribution in [0.3, 0.4) is 0 Å². The van der Waals surface area contributed by atoms with E-state index >= 15 is 0 Å². The molecular formula is C27H28N2O6. The van der Waals surface area contributed by atoms with Crippen molar-refractivity contribution < 1.29 is 28.5 Å². The zero-order valence-electron chi connectivity index (χ0n) is 19.9. The molecule has 0 saturated heterocycles. The molecule has 0 fully saturated rings. The van der Waals surface area contributed by atoms with E-state index in [0.29, 0.717) is 35.0 Å². The Morgan fingerprint density at radius 3 is 2.29 bits per heavy atom. The Labute approximate surface area is 204 Å². The van der Waals surface area contributed by atoms with Crippen molar-refractivity contribution in [3.63, 3.8) is 0 Å². The van der Waals surface area contributed by atoms with Gasteiger partial charge in [-0.2, -0.15) is 5.10 Å². The third kappa shape index (κ3) is 7.89. The van der Waals surface area contributed by atoms with E-state index in [9.17, 15) is 9.59 Å². The number of aryl methyl sites for hydroxylation is 1. The van der Waals surface area contributed by atoms with Gasteiger partial charge in [-0.1, -0.05) is 24.6 Å². The number of carbonyl (C=O) groups excluding carboxylic acids is 2. The standard InChI is InChI=1S/C27H28N2O6/c1-4-15-33-22-12-8-21(9-13-22)27(31)35-24-14-7-20(16-25(24)32-3)17-28-29-26(30)18-34-23-10-5-19(2)6-11-23/h5-14,16-17H,4,15,18H2,1-3H3,(H,29,30)/b28-17+. The van der Waals surface area contributed by atoms with E-state index in [2.05, 4.69) is 10.5 Å². The second kappa shape index (κ2) is 12.8. The van der Waals surface area contributed by atoms with E-state index in [1.54, 1.807) is 54.6 Å². The van der Waals surface area contributed by atoms with Crippen LogP contribution in [0.1, 0.15) is 34.8 Å². The van der Waals surface area contributed by atoms with Gasteiger partial charge in [0.1, 0.15) is 11.5 Å². The van der Waals surface area contributed by atoms with Gasteiger partial charge >= 0.3 is 5.97 Å². The summed E-state index contributed by atoms with van der Waals surface area (Å²) in [4.78, 5) is 24.5. The van der Waals surface area contributed by atoms with Gasteiger partial charge in [0.25, 0.3) is 5.91 Å². The van der Waals surface area contributed by atoms with E-state index in [0.717, 1.165) is 12.0 Å². The summed E-state index contributed by atoms with van der Waals surface area (Å²) in [7, 11) is 1.47. The van der Waals surface area contributed by atoms with Crippen molar-refractivity contribution in [2.75, 3.05) is 20.3 Å². The van der Waals surface area contributed by atoms with Crippen molar-refractivity contribution in [1.29, 1.82) is 0 Å². The van der Waals surface area contributed by atoms with E-state index in [-0.39, 0.29) is 12.4 Å². The van der Waals surface area contributed by atoms with Gasteiger partial charge in [0, 0.05) is 0 Å². The van der Waals surface area contributed by atoms with E-state index < -0.39 is 11.9 Å². The molecule has 0 spiro atoms. The highest BCUT2D eigenvalue weighted by molar-refractivity contribution is 5.92. The molecule has 8 heteroatoms. The lowest BCUT2D eigenvalue weighted by atomic mass is 10.2. The van der Waals surface area contributed by atoms with Crippen molar-refractivity contribution >= 4 is 18.1 Å². The molecule has 0 aliphatic heterocycles. The first-order valence-corrected chi connectivity index (χ1v) is 11.1. The first-order valence-electron chi connectivity index (χ1n) is 11.1. The third-order valence-electron chi connectivity index (χ3n) is 4.75. The zero-order chi connectivity index (χ0) is 25.0. The van der Waals surface area contributed by atoms with Gasteiger partial charge in [-0.3, -0.25) is 4.79 Å². The van der Waals surface area contributed by atoms with Gasteiger partial charge in [-0.25, -0.2) is 10.2 Å². The monoisotopic (exact) mass is 476 g/mol. The van der Waals surface area contributed by atoms with Crippen molar-refractivity contribution in [2.45, 2.75) is 20.3 Å². The van der Waals surface area contributed by atoms with Crippen LogP contribution >= 0.6 is 0 Å². The Balaban J connectivity index is 1.54. The molecule has 0 unspecified atom stereocenters. The lowest BCUT2D eigenvalue weighted by molar-refractivity contribution is -0.123. The number of rotatable bonds is 11. The number of nitrogens with zero attached hydrogens (tertiary/aromatic N) is 1. The van der Waals surface area contributed by atoms with Gasteiger partial charge in [0.15, 0.2) is 18.1 Å². The van der Waals surface area contributed by atoms with Crippen LogP contribution in [-0.4, -0.2) is 38.4 Å². The number of esters is 1. The number of methoxy groups -OCH3 is 1. The molecule has 3 aromatic rings. The largest absolute Gasteiger partial charge is 0.494 e. The highest BCUT2D eigenvalue weighted by atomic mass is 16.6. The quantitative estimate of drug-likeness (QED) is 0.189. The first-order chi connectivity index (χ1) is 17.0. The van der Waals surface area contributed by atoms with E-state index in [4.69, 9.17) is 18.9 Å². The minimum absolute atomic E-state index is 0.162. The summed E-state index contributed by atoms with van der Waals surface area (Å²) in [6, 6.07) is 19.1. The summed E-state index contributed by atoms with van der Waals surface area (Å²) >= 11 is 0. The Bertz CT molecular complexity index is 1160. The molecule has 35 heavy (non-hydrogen) atoms. The van der Waals surface area contributed by atoms with Gasteiger partial charge in [-0.15, -0.1) is 0 Å². The number of hydrazone groups is 1. The minimum Gasteiger partial charge on any atom is -0.494 e. The second-order valence-corrected chi connectivity index (χ2v) is 7.57. The molecule has 0 aliphatic carbocycles. The Morgan fingerprint density at radius 1 is 0.914 bits per heavy atom. The number of amides is 1. The number of ether oxygens (including phenoxy) is 4. The van der Waals surface area contributed by atoms with Gasteiger partial charge in [0.05, 0.1) is 25.5 Å². The van der Waals surface area contributed by atoms with Crippen LogP contribution in [0, 0.1) is 6.92 Å². The summed E-state index contributed by atoms with van der Waals surface area (Å²) in [6.45, 7) is 4.44. The molecule has 0 aliphatic rings. The van der Waals surface area contributed by atoms with Crippen molar-refractivity contribution in [3.8, 4) is 23.0 Å². The normalized spacial score (nSPS) is 10.6. The Hall–Kier alpha value is -4.33. The fraction of sp³-hybridized carbons (Fsp3) is 0.222. The predicted molar refractivity (Wildman–Crippen MR) is 133 cm³/mol. The lowest BCUT2D eigenvalue weighted by Gasteiger charge is -2.10. The fourth-order valence-corrected chi connectivity index (χ4v) is 2.91. The molecule has 1 N–H and O–H groups in total. The zero-order valence-corrected chi connectivity index (χ0v) is 19.9. The van der Waals surface area contributed by atoms with Gasteiger partial charge < -0.3 is 18.9 Å². The number of carbonyl (C=O) groups is 2. The maximum atomic E-state index is 12.5. The molecule has 3 aromatic carbocycles. The number of nitrogens with one attached hydrogen (secondary N) is 1. The lowest BCUT2D eigenvalue weighted by Crippen LogP contribution is -2.24. The maximum absolute atomic E-state index is 12.5. The summed E-state index contributed by atoms with van der Waals surface area (Å²) in [5.74, 6) is 0.984. The van der Waals surface area contributed by atoms with Crippen LogP contribution in [0.15, 0.2) is 71.8 Å². The van der Waals surface area contributed by atoms with Crippen LogP contribution in [0.5, 0.6) is 23.0 Å². The van der Waals surface area contributed by atoms with Gasteiger partial charge in [0.2, 0.25) is 0 Å². The van der Waals surface area contributed by atoms with Crippen LogP contribution in [-0.2, 0) is 4.79 Å². The Kier molecular flexibility index (Phi) is 9.24. The molecule has 0 saturated carbocycles. The predicted octanol–water partition coefficient (Wildman–Crippen LogP) is 4.54. The van der Waals surface area contributed by atoms with Crippen LogP contribution in [0.4, 0.5) is 0 Å². The smallest absolute Gasteiger partial charge is 0.343 e. The molecule has 1 amide bonds. The van der Waals surface area contributed by atoms with Crippen molar-refractivity contribution in [2.24, 2.45) is 5.10 Å². The van der Waals surface area contributed by atoms with Crippen LogP contribution in [0.2, 0.25) is 0 Å². The number of hydrogen-bond donors (Lipinski definition) is 1. The first kappa shape index (κ1) is 25.3. The summed E-state index contributed by atoms with van der Waals surface area (Å²) < 4.78 is 21.8. The average Bonchev–Trinajstić information content (AvgIpc) is 2.88. The molecule has 0 bridgehead atoms. The summed E-state index contributed by atoms with van der Waals surface area (Å²) in [5.41, 5.74) is 4.53. The summed E-state index contributed by atoms with van der Waals surface area (Å²) in [5, 5.41) is 3.93. The third-order valence-corrected chi connectivity index (χ3v) is 4.75. The molecule has 3 rings (SSSR count). The Morgan fingerprint density at radius 2 is 1.60 bits per heavy atom. The maximum Gasteiger partial charge on any atom is 0.343 e. The van der Waals surface area contributed by atoms with E-state index in [1.165, 1.54) is 13.3 Å². The second-order valence-electron chi connectivity index (χ2n) is 7.57. The molecular weight excluding hydrogens is 448 g/mol. The molecule has 8 nitrogen and oxygen atoms in total. The molecule has 0 radical (unpaired) electrons. The molecule has 182 valence electrons. The van der Waals surface area contributed by atoms with Crippen molar-refractivity contribution in [3.05, 3.63) is 83.4 Å². The average molecular weight is 477 g/mol. The summed E-state index contributed by atoms with van der Waals surface area (Å²) in [6.07, 6.45) is 2.35. The molecule has 0 atom stereocenters.